The van der Waals surface area contributed by atoms with E-state index in [1.165, 1.54) is 39.8 Å². The van der Waals surface area contributed by atoms with Crippen LogP contribution in [0.2, 0.25) is 0 Å². The smallest absolute Gasteiger partial charge is 0.337 e. The van der Waals surface area contributed by atoms with Crippen LogP contribution in [0.3, 0.4) is 0 Å². The molecule has 0 atom stereocenters. The molecule has 0 aliphatic heterocycles. The van der Waals surface area contributed by atoms with Crippen molar-refractivity contribution in [2.24, 2.45) is 0 Å². The Kier molecular flexibility index (Phi) is 5.65. The summed E-state index contributed by atoms with van der Waals surface area (Å²) in [4.78, 5) is 28.7. The van der Waals surface area contributed by atoms with Gasteiger partial charge in [-0.15, -0.1) is 0 Å². The molecule has 3 rings (SSSR count). The molecule has 146 valence electrons. The number of nitrogens with zero attached hydrogens (tertiary/aromatic N) is 1. The number of anilines is 1. The Morgan fingerprint density at radius 1 is 0.929 bits per heavy atom. The van der Waals surface area contributed by atoms with Gasteiger partial charge in [0.25, 0.3) is 5.91 Å². The number of hydrogen-bond donors (Lipinski definition) is 1. The molecule has 3 aromatic rings. The van der Waals surface area contributed by atoms with Crippen LogP contribution in [0.25, 0.3) is 10.2 Å². The van der Waals surface area contributed by atoms with E-state index in [4.69, 9.17) is 18.9 Å². The van der Waals surface area contributed by atoms with E-state index in [0.29, 0.717) is 39.0 Å². The molecule has 0 radical (unpaired) electrons. The number of ether oxygens (including phenoxy) is 4. The maximum absolute atomic E-state index is 12.7. The van der Waals surface area contributed by atoms with Crippen molar-refractivity contribution >= 4 is 38.6 Å². The van der Waals surface area contributed by atoms with Crippen LogP contribution >= 0.6 is 11.3 Å². The molecule has 1 N–H and O–H groups in total. The summed E-state index contributed by atoms with van der Waals surface area (Å²) in [5.41, 5.74) is 1.41. The second-order valence-electron chi connectivity index (χ2n) is 5.56. The summed E-state index contributed by atoms with van der Waals surface area (Å²) < 4.78 is 21.3. The largest absolute Gasteiger partial charge is 0.493 e. The number of aromatic nitrogens is 1. The lowest BCUT2D eigenvalue weighted by molar-refractivity contribution is 0.0601. The Labute approximate surface area is 165 Å². The highest BCUT2D eigenvalue weighted by atomic mass is 32.1. The fourth-order valence-corrected chi connectivity index (χ4v) is 3.50. The fraction of sp³-hybridized carbons (Fsp3) is 0.211. The minimum Gasteiger partial charge on any atom is -0.493 e. The zero-order valence-electron chi connectivity index (χ0n) is 15.7. The van der Waals surface area contributed by atoms with E-state index in [1.807, 2.05) is 0 Å². The van der Waals surface area contributed by atoms with Crippen LogP contribution in [0.5, 0.6) is 17.2 Å². The molecule has 8 nitrogen and oxygen atoms in total. The molecule has 0 aliphatic rings. The number of hydrogen-bond acceptors (Lipinski definition) is 8. The molecule has 0 aliphatic carbocycles. The van der Waals surface area contributed by atoms with Crippen molar-refractivity contribution < 1.29 is 28.5 Å². The first-order valence-electron chi connectivity index (χ1n) is 8.11. The predicted octanol–water partition coefficient (Wildman–Crippen LogP) is 3.36. The van der Waals surface area contributed by atoms with Crippen molar-refractivity contribution in [2.75, 3.05) is 33.8 Å². The Hall–Kier alpha value is -3.33. The molecule has 0 unspecified atom stereocenters. The van der Waals surface area contributed by atoms with Gasteiger partial charge in [0.1, 0.15) is 0 Å². The van der Waals surface area contributed by atoms with Crippen LogP contribution < -0.4 is 19.5 Å². The van der Waals surface area contributed by atoms with Gasteiger partial charge in [0.15, 0.2) is 16.6 Å². The number of nitrogens with one attached hydrogen (secondary N) is 1. The van der Waals surface area contributed by atoms with E-state index in [2.05, 4.69) is 10.3 Å². The van der Waals surface area contributed by atoms with Crippen LogP contribution in [-0.2, 0) is 4.74 Å². The van der Waals surface area contributed by atoms with E-state index >= 15 is 0 Å². The Morgan fingerprint density at radius 2 is 1.61 bits per heavy atom. The standard InChI is InChI=1S/C19H18N2O6S/c1-24-13-7-11(8-14(25-2)16(13)26-3)17(22)21-19-20-12-6-5-10(18(23)27-4)9-15(12)28-19/h5-9H,1-4H3,(H,20,21,22). The zero-order valence-corrected chi connectivity index (χ0v) is 16.5. The first-order chi connectivity index (χ1) is 13.5. The van der Waals surface area contributed by atoms with Gasteiger partial charge in [-0.3, -0.25) is 10.1 Å². The van der Waals surface area contributed by atoms with E-state index in [9.17, 15) is 9.59 Å². The fourth-order valence-electron chi connectivity index (χ4n) is 2.60. The van der Waals surface area contributed by atoms with Crippen LogP contribution in [-0.4, -0.2) is 45.3 Å². The lowest BCUT2D eigenvalue weighted by atomic mass is 10.1. The average molecular weight is 402 g/mol. The molecule has 1 amide bonds. The summed E-state index contributed by atoms with van der Waals surface area (Å²) in [5, 5.41) is 3.15. The summed E-state index contributed by atoms with van der Waals surface area (Å²) in [6.45, 7) is 0. The molecule has 9 heteroatoms. The first kappa shape index (κ1) is 19.4. The molecule has 28 heavy (non-hydrogen) atoms. The lowest BCUT2D eigenvalue weighted by Crippen LogP contribution is -2.12. The monoisotopic (exact) mass is 402 g/mol. The molecule has 0 fully saturated rings. The summed E-state index contributed by atoms with van der Waals surface area (Å²) in [6, 6.07) is 8.11. The van der Waals surface area contributed by atoms with Crippen molar-refractivity contribution in [3.05, 3.63) is 41.5 Å². The summed E-state index contributed by atoms with van der Waals surface area (Å²) in [5.74, 6) is 0.333. The van der Waals surface area contributed by atoms with Crippen molar-refractivity contribution in [1.29, 1.82) is 0 Å². The van der Waals surface area contributed by atoms with Crippen LogP contribution in [0.1, 0.15) is 20.7 Å². The number of rotatable bonds is 6. The van der Waals surface area contributed by atoms with Gasteiger partial charge < -0.3 is 18.9 Å². The second-order valence-corrected chi connectivity index (χ2v) is 6.59. The maximum atomic E-state index is 12.7. The third kappa shape index (κ3) is 3.70. The van der Waals surface area contributed by atoms with Gasteiger partial charge in [0.05, 0.1) is 44.2 Å². The summed E-state index contributed by atoms with van der Waals surface area (Å²) in [6.07, 6.45) is 0. The average Bonchev–Trinajstić information content (AvgIpc) is 3.13. The normalized spacial score (nSPS) is 10.4. The van der Waals surface area contributed by atoms with Gasteiger partial charge in [-0.2, -0.15) is 0 Å². The van der Waals surface area contributed by atoms with Gasteiger partial charge in [-0.05, 0) is 30.3 Å². The van der Waals surface area contributed by atoms with E-state index < -0.39 is 5.97 Å². The van der Waals surface area contributed by atoms with Gasteiger partial charge in [-0.25, -0.2) is 9.78 Å². The van der Waals surface area contributed by atoms with Crippen molar-refractivity contribution in [3.8, 4) is 17.2 Å². The Balaban J connectivity index is 1.89. The zero-order chi connectivity index (χ0) is 20.3. The Bertz CT molecular complexity index is 1020. The second kappa shape index (κ2) is 8.13. The highest BCUT2D eigenvalue weighted by Crippen LogP contribution is 2.38. The number of thiazole rings is 1. The van der Waals surface area contributed by atoms with E-state index in [-0.39, 0.29) is 5.91 Å². The highest BCUT2D eigenvalue weighted by molar-refractivity contribution is 7.22. The predicted molar refractivity (Wildman–Crippen MR) is 105 cm³/mol. The highest BCUT2D eigenvalue weighted by Gasteiger charge is 2.18. The molecule has 1 aromatic heterocycles. The molecule has 0 spiro atoms. The lowest BCUT2D eigenvalue weighted by Gasteiger charge is -2.13. The number of esters is 1. The summed E-state index contributed by atoms with van der Waals surface area (Å²) >= 11 is 1.25. The number of benzene rings is 2. The third-order valence-electron chi connectivity index (χ3n) is 3.96. The number of fused-ring (bicyclic) bond motifs is 1. The van der Waals surface area contributed by atoms with Gasteiger partial charge in [0, 0.05) is 5.56 Å². The van der Waals surface area contributed by atoms with Crippen LogP contribution in [0.15, 0.2) is 30.3 Å². The number of methoxy groups -OCH3 is 4. The minimum atomic E-state index is -0.432. The van der Waals surface area contributed by atoms with Crippen molar-refractivity contribution in [1.82, 2.24) is 4.98 Å². The topological polar surface area (TPSA) is 96.0 Å². The van der Waals surface area contributed by atoms with Gasteiger partial charge >= 0.3 is 5.97 Å². The van der Waals surface area contributed by atoms with Crippen LogP contribution in [0, 0.1) is 0 Å². The molecule has 2 aromatic carbocycles. The van der Waals surface area contributed by atoms with Crippen molar-refractivity contribution in [2.45, 2.75) is 0 Å². The number of carbonyl (C=O) groups excluding carboxylic acids is 2. The van der Waals surface area contributed by atoms with E-state index in [0.717, 1.165) is 4.70 Å². The van der Waals surface area contributed by atoms with Gasteiger partial charge in [0.2, 0.25) is 5.75 Å². The maximum Gasteiger partial charge on any atom is 0.337 e. The van der Waals surface area contributed by atoms with Gasteiger partial charge in [-0.1, -0.05) is 11.3 Å². The SMILES string of the molecule is COC(=O)c1ccc2nc(NC(=O)c3cc(OC)c(OC)c(OC)c3)sc2c1. The quantitative estimate of drug-likeness (QED) is 0.632. The molecular weight excluding hydrogens is 384 g/mol. The van der Waals surface area contributed by atoms with E-state index in [1.54, 1.807) is 30.3 Å². The third-order valence-corrected chi connectivity index (χ3v) is 4.89. The van der Waals surface area contributed by atoms with Crippen LogP contribution in [0.4, 0.5) is 5.13 Å². The molecule has 0 saturated heterocycles. The molecule has 0 saturated carbocycles. The summed E-state index contributed by atoms with van der Waals surface area (Å²) in [7, 11) is 5.77. The molecular formula is C19H18N2O6S. The number of amides is 1. The Morgan fingerprint density at radius 3 is 2.18 bits per heavy atom. The number of carbonyl (C=O) groups is 2. The first-order valence-corrected chi connectivity index (χ1v) is 8.92. The molecule has 0 bridgehead atoms. The van der Waals surface area contributed by atoms with Crippen molar-refractivity contribution in [3.63, 3.8) is 0 Å². The molecule has 1 heterocycles. The minimum absolute atomic E-state index is 0.323.